The minimum Gasteiger partial charge on any atom is -0.334 e. The fourth-order valence-electron chi connectivity index (χ4n) is 2.52. The molecule has 3 nitrogen and oxygen atoms in total. The maximum absolute atomic E-state index is 13.9. The summed E-state index contributed by atoms with van der Waals surface area (Å²) in [7, 11) is 2.05. The Labute approximate surface area is 121 Å². The van der Waals surface area contributed by atoms with E-state index in [9.17, 15) is 9.18 Å². The van der Waals surface area contributed by atoms with Gasteiger partial charge in [0, 0.05) is 23.6 Å². The van der Waals surface area contributed by atoms with Crippen LogP contribution in [-0.2, 0) is 0 Å². The number of rotatable bonds is 1. The third-order valence-corrected chi connectivity index (χ3v) is 4.15. The summed E-state index contributed by atoms with van der Waals surface area (Å²) in [5.41, 5.74) is 0.138. The monoisotopic (exact) mass is 328 g/mol. The summed E-state index contributed by atoms with van der Waals surface area (Å²) in [5.74, 6) is -0.697. The third kappa shape index (κ3) is 3.15. The number of halogens is 2. The number of nitrogens with zero attached hydrogens (tertiary/aromatic N) is 2. The zero-order chi connectivity index (χ0) is 14.0. The van der Waals surface area contributed by atoms with E-state index in [0.29, 0.717) is 11.0 Å². The van der Waals surface area contributed by atoms with E-state index in [2.05, 4.69) is 20.8 Å². The molecule has 0 aromatic heterocycles. The molecule has 0 bridgehead atoms. The van der Waals surface area contributed by atoms with Crippen LogP contribution >= 0.6 is 15.9 Å². The molecule has 104 valence electrons. The Kier molecular flexibility index (Phi) is 4.58. The number of hydrogen-bond donors (Lipinski definition) is 0. The second-order valence-electron chi connectivity index (χ2n) is 5.06. The van der Waals surface area contributed by atoms with Crippen molar-refractivity contribution in [3.05, 3.63) is 34.1 Å². The highest BCUT2D eigenvalue weighted by Gasteiger charge is 2.27. The Morgan fingerprint density at radius 3 is 2.84 bits per heavy atom. The van der Waals surface area contributed by atoms with Crippen molar-refractivity contribution in [1.29, 1.82) is 0 Å². The number of hydrogen-bond acceptors (Lipinski definition) is 2. The SMILES string of the molecule is CC1CN(C)CCCN1C(=O)c1c(F)cccc1Br. The summed E-state index contributed by atoms with van der Waals surface area (Å²) >= 11 is 3.27. The van der Waals surface area contributed by atoms with Crippen molar-refractivity contribution < 1.29 is 9.18 Å². The largest absolute Gasteiger partial charge is 0.334 e. The van der Waals surface area contributed by atoms with Gasteiger partial charge in [-0.1, -0.05) is 6.07 Å². The van der Waals surface area contributed by atoms with Crippen LogP contribution in [0.5, 0.6) is 0 Å². The van der Waals surface area contributed by atoms with Crippen molar-refractivity contribution in [2.75, 3.05) is 26.7 Å². The van der Waals surface area contributed by atoms with Gasteiger partial charge in [-0.2, -0.15) is 0 Å². The van der Waals surface area contributed by atoms with Gasteiger partial charge in [0.1, 0.15) is 5.82 Å². The van der Waals surface area contributed by atoms with E-state index < -0.39 is 5.82 Å². The van der Waals surface area contributed by atoms with Gasteiger partial charge in [0.15, 0.2) is 0 Å². The van der Waals surface area contributed by atoms with E-state index in [1.165, 1.54) is 6.07 Å². The molecule has 1 atom stereocenters. The van der Waals surface area contributed by atoms with Gasteiger partial charge in [-0.15, -0.1) is 0 Å². The van der Waals surface area contributed by atoms with Gasteiger partial charge in [0.2, 0.25) is 0 Å². The van der Waals surface area contributed by atoms with Gasteiger partial charge in [-0.3, -0.25) is 4.79 Å². The lowest BCUT2D eigenvalue weighted by Crippen LogP contribution is -2.42. The first kappa shape index (κ1) is 14.5. The van der Waals surface area contributed by atoms with Crippen LogP contribution in [0.15, 0.2) is 22.7 Å². The van der Waals surface area contributed by atoms with Crippen molar-refractivity contribution in [2.45, 2.75) is 19.4 Å². The predicted octanol–water partition coefficient (Wildman–Crippen LogP) is 2.75. The molecule has 19 heavy (non-hydrogen) atoms. The summed E-state index contributed by atoms with van der Waals surface area (Å²) in [6.07, 6.45) is 0.915. The molecule has 1 aromatic rings. The first-order valence-corrected chi connectivity index (χ1v) is 7.23. The van der Waals surface area contributed by atoms with E-state index in [4.69, 9.17) is 0 Å². The Morgan fingerprint density at radius 1 is 1.42 bits per heavy atom. The lowest BCUT2D eigenvalue weighted by Gasteiger charge is -2.28. The fourth-order valence-corrected chi connectivity index (χ4v) is 3.03. The topological polar surface area (TPSA) is 23.6 Å². The molecule has 0 radical (unpaired) electrons. The zero-order valence-corrected chi connectivity index (χ0v) is 12.8. The third-order valence-electron chi connectivity index (χ3n) is 3.48. The smallest absolute Gasteiger partial charge is 0.258 e. The molecule has 2 rings (SSSR count). The molecule has 0 N–H and O–H groups in total. The molecule has 1 heterocycles. The number of likely N-dealkylation sites (N-methyl/N-ethyl adjacent to an activating group) is 1. The summed E-state index contributed by atoms with van der Waals surface area (Å²) in [5, 5.41) is 0. The van der Waals surface area contributed by atoms with Crippen LogP contribution in [0.4, 0.5) is 4.39 Å². The van der Waals surface area contributed by atoms with Crippen molar-refractivity contribution in [2.24, 2.45) is 0 Å². The minimum atomic E-state index is -0.468. The van der Waals surface area contributed by atoms with Crippen molar-refractivity contribution >= 4 is 21.8 Å². The van der Waals surface area contributed by atoms with Gasteiger partial charge >= 0.3 is 0 Å². The highest BCUT2D eigenvalue weighted by molar-refractivity contribution is 9.10. The predicted molar refractivity (Wildman–Crippen MR) is 76.7 cm³/mol. The summed E-state index contributed by atoms with van der Waals surface area (Å²) in [6.45, 7) is 4.46. The van der Waals surface area contributed by atoms with Crippen LogP contribution in [0.2, 0.25) is 0 Å². The summed E-state index contributed by atoms with van der Waals surface area (Å²) in [6, 6.07) is 4.71. The molecule has 5 heteroatoms. The molecule has 1 unspecified atom stereocenters. The second-order valence-corrected chi connectivity index (χ2v) is 5.91. The Hall–Kier alpha value is -0.940. The lowest BCUT2D eigenvalue weighted by molar-refractivity contribution is 0.0690. The Balaban J connectivity index is 2.28. The van der Waals surface area contributed by atoms with Crippen molar-refractivity contribution in [1.82, 2.24) is 9.80 Å². The molecular formula is C14H18BrFN2O. The zero-order valence-electron chi connectivity index (χ0n) is 11.2. The van der Waals surface area contributed by atoms with Gasteiger partial charge in [0.05, 0.1) is 5.56 Å². The van der Waals surface area contributed by atoms with Gasteiger partial charge < -0.3 is 9.80 Å². The van der Waals surface area contributed by atoms with E-state index in [0.717, 1.165) is 19.5 Å². The summed E-state index contributed by atoms with van der Waals surface area (Å²) < 4.78 is 14.4. The molecule has 1 aliphatic rings. The molecule has 1 aromatic carbocycles. The van der Waals surface area contributed by atoms with Gasteiger partial charge in [-0.25, -0.2) is 4.39 Å². The molecule has 1 saturated heterocycles. The van der Waals surface area contributed by atoms with E-state index in [1.54, 1.807) is 17.0 Å². The van der Waals surface area contributed by atoms with E-state index >= 15 is 0 Å². The van der Waals surface area contributed by atoms with E-state index in [-0.39, 0.29) is 17.5 Å². The van der Waals surface area contributed by atoms with Crippen LogP contribution in [0.25, 0.3) is 0 Å². The molecule has 0 aliphatic carbocycles. The average molecular weight is 329 g/mol. The molecular weight excluding hydrogens is 311 g/mol. The van der Waals surface area contributed by atoms with Crippen molar-refractivity contribution in [3.8, 4) is 0 Å². The van der Waals surface area contributed by atoms with Crippen LogP contribution in [0.3, 0.4) is 0 Å². The average Bonchev–Trinajstić information content (AvgIpc) is 2.49. The molecule has 1 amide bonds. The quantitative estimate of drug-likeness (QED) is 0.791. The molecule has 1 fully saturated rings. The van der Waals surface area contributed by atoms with Gasteiger partial charge in [-0.05, 0) is 55.0 Å². The van der Waals surface area contributed by atoms with Crippen LogP contribution in [0.1, 0.15) is 23.7 Å². The number of carbonyl (C=O) groups is 1. The Morgan fingerprint density at radius 2 is 2.16 bits per heavy atom. The summed E-state index contributed by atoms with van der Waals surface area (Å²) in [4.78, 5) is 16.5. The van der Waals surface area contributed by atoms with Crippen LogP contribution in [-0.4, -0.2) is 48.4 Å². The number of carbonyl (C=O) groups excluding carboxylic acids is 1. The highest BCUT2D eigenvalue weighted by Crippen LogP contribution is 2.23. The first-order valence-electron chi connectivity index (χ1n) is 6.44. The molecule has 0 saturated carbocycles. The maximum Gasteiger partial charge on any atom is 0.258 e. The number of amides is 1. The Bertz CT molecular complexity index is 460. The molecule has 1 aliphatic heterocycles. The molecule has 0 spiro atoms. The fraction of sp³-hybridized carbons (Fsp3) is 0.500. The number of benzene rings is 1. The lowest BCUT2D eigenvalue weighted by atomic mass is 10.1. The first-order chi connectivity index (χ1) is 9.00. The van der Waals surface area contributed by atoms with Crippen molar-refractivity contribution in [3.63, 3.8) is 0 Å². The van der Waals surface area contributed by atoms with Gasteiger partial charge in [0.25, 0.3) is 5.91 Å². The standard InChI is InChI=1S/C14H18BrFN2O/c1-10-9-17(2)7-4-8-18(10)14(19)13-11(15)5-3-6-12(13)16/h3,5-6,10H,4,7-9H2,1-2H3. The second kappa shape index (κ2) is 6.01. The van der Waals surface area contributed by atoms with Crippen LogP contribution < -0.4 is 0 Å². The van der Waals surface area contributed by atoms with E-state index in [1.807, 2.05) is 14.0 Å². The highest BCUT2D eigenvalue weighted by atomic mass is 79.9. The minimum absolute atomic E-state index is 0.0894. The van der Waals surface area contributed by atoms with Crippen LogP contribution in [0, 0.1) is 5.82 Å². The normalized spacial score (nSPS) is 21.3. The maximum atomic E-state index is 13.9.